The maximum Gasteiger partial charge on any atom is 0.227 e. The molecule has 5 heteroatoms. The molecule has 2 unspecified atom stereocenters. The Kier molecular flexibility index (Phi) is 6.30. The van der Waals surface area contributed by atoms with Gasteiger partial charge in [-0.25, -0.2) is 0 Å². The van der Waals surface area contributed by atoms with E-state index in [1.807, 2.05) is 29.2 Å². The van der Waals surface area contributed by atoms with Crippen molar-refractivity contribution in [3.8, 4) is 5.75 Å². The van der Waals surface area contributed by atoms with Gasteiger partial charge in [0, 0.05) is 24.7 Å². The van der Waals surface area contributed by atoms with Gasteiger partial charge in [-0.15, -0.1) is 12.4 Å². The maximum atomic E-state index is 12.3. The van der Waals surface area contributed by atoms with Gasteiger partial charge in [-0.3, -0.25) is 4.79 Å². The lowest BCUT2D eigenvalue weighted by Crippen LogP contribution is -2.48. The van der Waals surface area contributed by atoms with Crippen LogP contribution >= 0.6 is 12.4 Å². The highest BCUT2D eigenvalue weighted by Crippen LogP contribution is 2.20. The summed E-state index contributed by atoms with van der Waals surface area (Å²) in [6, 6.07) is 7.89. The molecule has 2 N–H and O–H groups in total. The molecule has 112 valence electrons. The van der Waals surface area contributed by atoms with E-state index in [1.165, 1.54) is 0 Å². The molecular weight excluding hydrogens is 276 g/mol. The second-order valence-electron chi connectivity index (χ2n) is 5.26. The molecule has 1 amide bonds. The van der Waals surface area contributed by atoms with Gasteiger partial charge >= 0.3 is 0 Å². The Morgan fingerprint density at radius 3 is 2.80 bits per heavy atom. The molecule has 1 fully saturated rings. The number of ether oxygens (including phenoxy) is 1. The van der Waals surface area contributed by atoms with Gasteiger partial charge in [0.25, 0.3) is 0 Å². The minimum atomic E-state index is 0. The second-order valence-corrected chi connectivity index (χ2v) is 5.26. The van der Waals surface area contributed by atoms with Gasteiger partial charge < -0.3 is 15.4 Å². The van der Waals surface area contributed by atoms with E-state index in [-0.39, 0.29) is 24.4 Å². The van der Waals surface area contributed by atoms with Crippen LogP contribution in [0.15, 0.2) is 24.3 Å². The molecule has 1 aromatic rings. The van der Waals surface area contributed by atoms with Crippen LogP contribution in [0.4, 0.5) is 0 Å². The largest absolute Gasteiger partial charge is 0.496 e. The predicted molar refractivity (Wildman–Crippen MR) is 82.3 cm³/mol. The molecule has 4 nitrogen and oxygen atoms in total. The van der Waals surface area contributed by atoms with Gasteiger partial charge in [-0.2, -0.15) is 0 Å². The van der Waals surface area contributed by atoms with Crippen LogP contribution in [0.2, 0.25) is 0 Å². The number of benzene rings is 1. The minimum absolute atomic E-state index is 0. The van der Waals surface area contributed by atoms with Crippen molar-refractivity contribution in [3.05, 3.63) is 29.8 Å². The summed E-state index contributed by atoms with van der Waals surface area (Å²) in [6.45, 7) is 3.63. The van der Waals surface area contributed by atoms with Crippen LogP contribution in [0, 0.1) is 5.92 Å². The first-order chi connectivity index (χ1) is 9.11. The minimum Gasteiger partial charge on any atom is -0.496 e. The van der Waals surface area contributed by atoms with Crippen LogP contribution in [0.5, 0.6) is 5.75 Å². The Hall–Kier alpha value is -1.26. The topological polar surface area (TPSA) is 55.6 Å². The second kappa shape index (κ2) is 7.50. The molecule has 0 aromatic heterocycles. The quantitative estimate of drug-likeness (QED) is 0.926. The molecule has 20 heavy (non-hydrogen) atoms. The number of carbonyl (C=O) groups excluding carboxylic acids is 1. The smallest absolute Gasteiger partial charge is 0.227 e. The molecule has 1 aliphatic heterocycles. The van der Waals surface area contributed by atoms with Crippen LogP contribution in [0.1, 0.15) is 18.9 Å². The highest BCUT2D eigenvalue weighted by molar-refractivity contribution is 5.85. The van der Waals surface area contributed by atoms with E-state index in [0.717, 1.165) is 30.8 Å². The molecule has 0 spiro atoms. The number of nitrogens with two attached hydrogens (primary N) is 1. The van der Waals surface area contributed by atoms with Crippen molar-refractivity contribution in [2.24, 2.45) is 11.7 Å². The standard InChI is InChI=1S/C15H22N2O2.ClH/c1-11-10-17(8-7-13(11)16)15(18)9-12-5-3-4-6-14(12)19-2;/h3-6,11,13H,7-10,16H2,1-2H3;1H. The summed E-state index contributed by atoms with van der Waals surface area (Å²) in [5.74, 6) is 1.30. The van der Waals surface area contributed by atoms with E-state index in [2.05, 4.69) is 6.92 Å². The van der Waals surface area contributed by atoms with Crippen LogP contribution in [0.25, 0.3) is 0 Å². The Morgan fingerprint density at radius 2 is 2.15 bits per heavy atom. The lowest BCUT2D eigenvalue weighted by Gasteiger charge is -2.35. The number of hydrogen-bond donors (Lipinski definition) is 1. The van der Waals surface area contributed by atoms with Gasteiger partial charge in [0.05, 0.1) is 13.5 Å². The number of halogens is 1. The maximum absolute atomic E-state index is 12.3. The Morgan fingerprint density at radius 1 is 1.45 bits per heavy atom. The number of nitrogens with zero attached hydrogens (tertiary/aromatic N) is 1. The summed E-state index contributed by atoms with van der Waals surface area (Å²) in [7, 11) is 1.63. The van der Waals surface area contributed by atoms with E-state index in [1.54, 1.807) is 7.11 Å². The first-order valence-electron chi connectivity index (χ1n) is 6.77. The average Bonchev–Trinajstić information content (AvgIpc) is 2.42. The van der Waals surface area contributed by atoms with Gasteiger partial charge in [-0.05, 0) is 18.4 Å². The third-order valence-corrected chi connectivity index (χ3v) is 3.86. The molecule has 1 aliphatic rings. The van der Waals surface area contributed by atoms with Crippen LogP contribution in [-0.4, -0.2) is 37.0 Å². The summed E-state index contributed by atoms with van der Waals surface area (Å²) in [6.07, 6.45) is 1.28. The van der Waals surface area contributed by atoms with Crippen LogP contribution in [0.3, 0.4) is 0 Å². The van der Waals surface area contributed by atoms with Crippen molar-refractivity contribution in [2.75, 3.05) is 20.2 Å². The highest BCUT2D eigenvalue weighted by atomic mass is 35.5. The Bertz CT molecular complexity index is 453. The third-order valence-electron chi connectivity index (χ3n) is 3.86. The van der Waals surface area contributed by atoms with Crippen molar-refractivity contribution in [3.63, 3.8) is 0 Å². The lowest BCUT2D eigenvalue weighted by atomic mass is 9.94. The fraction of sp³-hybridized carbons (Fsp3) is 0.533. The molecule has 1 heterocycles. The fourth-order valence-corrected chi connectivity index (χ4v) is 2.51. The predicted octanol–water partition coefficient (Wildman–Crippen LogP) is 1.86. The number of hydrogen-bond acceptors (Lipinski definition) is 3. The number of para-hydroxylation sites is 1. The number of methoxy groups -OCH3 is 1. The average molecular weight is 299 g/mol. The van der Waals surface area contributed by atoms with Crippen molar-refractivity contribution in [1.29, 1.82) is 0 Å². The third kappa shape index (κ3) is 3.87. The van der Waals surface area contributed by atoms with Crippen molar-refractivity contribution >= 4 is 18.3 Å². The Balaban J connectivity index is 0.00000200. The van der Waals surface area contributed by atoms with E-state index in [4.69, 9.17) is 10.5 Å². The van der Waals surface area contributed by atoms with Gasteiger partial charge in [0.1, 0.15) is 5.75 Å². The van der Waals surface area contributed by atoms with E-state index in [9.17, 15) is 4.79 Å². The van der Waals surface area contributed by atoms with Crippen molar-refractivity contribution in [1.82, 2.24) is 4.90 Å². The van der Waals surface area contributed by atoms with Gasteiger partial charge in [0.15, 0.2) is 0 Å². The Labute approximate surface area is 126 Å². The number of piperidine rings is 1. The fourth-order valence-electron chi connectivity index (χ4n) is 2.51. The first kappa shape index (κ1) is 16.8. The summed E-state index contributed by atoms with van der Waals surface area (Å²) >= 11 is 0. The number of amides is 1. The molecule has 0 saturated carbocycles. The normalized spacial score (nSPS) is 22.1. The van der Waals surface area contributed by atoms with Gasteiger partial charge in [0.2, 0.25) is 5.91 Å². The number of likely N-dealkylation sites (tertiary alicyclic amines) is 1. The molecule has 0 radical (unpaired) electrons. The van der Waals surface area contributed by atoms with Crippen molar-refractivity contribution < 1.29 is 9.53 Å². The van der Waals surface area contributed by atoms with Crippen LogP contribution < -0.4 is 10.5 Å². The zero-order valence-corrected chi connectivity index (χ0v) is 12.9. The lowest BCUT2D eigenvalue weighted by molar-refractivity contribution is -0.132. The monoisotopic (exact) mass is 298 g/mol. The summed E-state index contributed by atoms with van der Waals surface area (Å²) in [5, 5.41) is 0. The zero-order chi connectivity index (χ0) is 13.8. The first-order valence-corrected chi connectivity index (χ1v) is 6.77. The molecule has 1 saturated heterocycles. The molecule has 1 aromatic carbocycles. The SMILES string of the molecule is COc1ccccc1CC(=O)N1CCC(N)C(C)C1.Cl. The summed E-state index contributed by atoms with van der Waals surface area (Å²) in [4.78, 5) is 14.2. The summed E-state index contributed by atoms with van der Waals surface area (Å²) < 4.78 is 5.28. The number of carbonyl (C=O) groups is 1. The molecule has 2 rings (SSSR count). The van der Waals surface area contributed by atoms with E-state index in [0.29, 0.717) is 12.3 Å². The highest BCUT2D eigenvalue weighted by Gasteiger charge is 2.26. The molecular formula is C15H23ClN2O2. The zero-order valence-electron chi connectivity index (χ0n) is 12.0. The van der Waals surface area contributed by atoms with E-state index >= 15 is 0 Å². The number of rotatable bonds is 3. The van der Waals surface area contributed by atoms with Crippen molar-refractivity contribution in [2.45, 2.75) is 25.8 Å². The molecule has 0 aliphatic carbocycles. The van der Waals surface area contributed by atoms with Crippen LogP contribution in [-0.2, 0) is 11.2 Å². The van der Waals surface area contributed by atoms with Gasteiger partial charge in [-0.1, -0.05) is 25.1 Å². The molecule has 0 bridgehead atoms. The van der Waals surface area contributed by atoms with E-state index < -0.39 is 0 Å². The molecule has 2 atom stereocenters. The summed E-state index contributed by atoms with van der Waals surface area (Å²) in [5.41, 5.74) is 6.92.